The summed E-state index contributed by atoms with van der Waals surface area (Å²) in [6.07, 6.45) is 5.62. The summed E-state index contributed by atoms with van der Waals surface area (Å²) in [6, 6.07) is 0. The van der Waals surface area contributed by atoms with Crippen molar-refractivity contribution in [2.45, 2.75) is 44.3 Å². The molecule has 1 aromatic rings. The van der Waals surface area contributed by atoms with E-state index in [2.05, 4.69) is 5.10 Å². The van der Waals surface area contributed by atoms with Crippen LogP contribution in [0.25, 0.3) is 0 Å². The van der Waals surface area contributed by atoms with Crippen LogP contribution in [-0.4, -0.2) is 38.6 Å². The minimum atomic E-state index is -0.404. The fourth-order valence-corrected chi connectivity index (χ4v) is 4.72. The SMILES string of the molecule is Cc1c(C(O)C2CCOC3(CCSCC3)C2)cnn1C. The predicted molar refractivity (Wildman–Crippen MR) is 80.9 cm³/mol. The van der Waals surface area contributed by atoms with E-state index in [4.69, 9.17) is 4.74 Å². The second-order valence-electron chi connectivity index (χ2n) is 6.15. The van der Waals surface area contributed by atoms with E-state index in [0.717, 1.165) is 43.5 Å². The Hall–Kier alpha value is -0.520. The molecule has 0 saturated carbocycles. The Labute approximate surface area is 124 Å². The Kier molecular flexibility index (Phi) is 4.11. The van der Waals surface area contributed by atoms with Crippen LogP contribution in [0.15, 0.2) is 6.20 Å². The quantitative estimate of drug-likeness (QED) is 0.910. The van der Waals surface area contributed by atoms with E-state index in [0.29, 0.717) is 5.92 Å². The van der Waals surface area contributed by atoms with E-state index in [-0.39, 0.29) is 5.60 Å². The van der Waals surface area contributed by atoms with Gasteiger partial charge in [0, 0.05) is 24.9 Å². The number of aromatic nitrogens is 2. The van der Waals surface area contributed by atoms with Crippen LogP contribution in [0.1, 0.15) is 43.0 Å². The molecule has 0 radical (unpaired) electrons. The smallest absolute Gasteiger partial charge is 0.0853 e. The molecular formula is C15H24N2O2S. The van der Waals surface area contributed by atoms with Crippen molar-refractivity contribution in [2.75, 3.05) is 18.1 Å². The molecule has 5 heteroatoms. The van der Waals surface area contributed by atoms with E-state index in [1.807, 2.05) is 36.6 Å². The molecule has 0 bridgehead atoms. The van der Waals surface area contributed by atoms with Gasteiger partial charge in [-0.1, -0.05) is 0 Å². The van der Waals surface area contributed by atoms with Crippen LogP contribution >= 0.6 is 11.8 Å². The third-order valence-electron chi connectivity index (χ3n) is 4.97. The van der Waals surface area contributed by atoms with Gasteiger partial charge in [0.25, 0.3) is 0 Å². The molecule has 3 rings (SSSR count). The average molecular weight is 296 g/mol. The number of nitrogens with zero attached hydrogens (tertiary/aromatic N) is 2. The summed E-state index contributed by atoms with van der Waals surface area (Å²) in [6.45, 7) is 2.81. The van der Waals surface area contributed by atoms with Crippen LogP contribution in [0.3, 0.4) is 0 Å². The maximum Gasteiger partial charge on any atom is 0.0853 e. The molecule has 4 nitrogen and oxygen atoms in total. The molecule has 2 atom stereocenters. The number of aliphatic hydroxyl groups is 1. The number of ether oxygens (including phenoxy) is 1. The summed E-state index contributed by atoms with van der Waals surface area (Å²) in [5, 5.41) is 15.0. The molecule has 1 N–H and O–H groups in total. The van der Waals surface area contributed by atoms with Crippen molar-refractivity contribution < 1.29 is 9.84 Å². The molecule has 2 saturated heterocycles. The molecule has 2 aliphatic rings. The molecule has 0 aromatic carbocycles. The standard InChI is InChI=1S/C15H24N2O2S/c1-11-13(10-16-17(11)2)14(18)12-3-6-19-15(9-12)4-7-20-8-5-15/h10,12,14,18H,3-9H2,1-2H3. The van der Waals surface area contributed by atoms with Gasteiger partial charge in [0.2, 0.25) is 0 Å². The van der Waals surface area contributed by atoms with Crippen LogP contribution in [0.4, 0.5) is 0 Å². The van der Waals surface area contributed by atoms with Gasteiger partial charge in [0.15, 0.2) is 0 Å². The van der Waals surface area contributed by atoms with E-state index in [9.17, 15) is 5.11 Å². The Bertz CT molecular complexity index is 463. The van der Waals surface area contributed by atoms with Gasteiger partial charge in [-0.2, -0.15) is 16.9 Å². The maximum absolute atomic E-state index is 10.7. The third-order valence-corrected chi connectivity index (χ3v) is 5.96. The van der Waals surface area contributed by atoms with E-state index >= 15 is 0 Å². The first-order valence-corrected chi connectivity index (χ1v) is 8.65. The molecule has 0 amide bonds. The van der Waals surface area contributed by atoms with Crippen LogP contribution in [0, 0.1) is 12.8 Å². The van der Waals surface area contributed by atoms with Gasteiger partial charge in [-0.3, -0.25) is 4.68 Å². The summed E-state index contributed by atoms with van der Waals surface area (Å²) in [4.78, 5) is 0. The lowest BCUT2D eigenvalue weighted by Gasteiger charge is -2.44. The lowest BCUT2D eigenvalue weighted by Crippen LogP contribution is -2.44. The first-order valence-electron chi connectivity index (χ1n) is 7.50. The van der Waals surface area contributed by atoms with Crippen molar-refractivity contribution in [1.29, 1.82) is 0 Å². The highest BCUT2D eigenvalue weighted by Gasteiger charge is 2.41. The zero-order valence-corrected chi connectivity index (χ0v) is 13.2. The highest BCUT2D eigenvalue weighted by atomic mass is 32.2. The summed E-state index contributed by atoms with van der Waals surface area (Å²) < 4.78 is 7.95. The monoisotopic (exact) mass is 296 g/mol. The topological polar surface area (TPSA) is 47.3 Å². The Morgan fingerprint density at radius 1 is 1.50 bits per heavy atom. The number of hydrogen-bond acceptors (Lipinski definition) is 4. The van der Waals surface area contributed by atoms with Crippen molar-refractivity contribution in [1.82, 2.24) is 9.78 Å². The minimum Gasteiger partial charge on any atom is -0.388 e. The van der Waals surface area contributed by atoms with Crippen molar-refractivity contribution in [3.63, 3.8) is 0 Å². The first-order chi connectivity index (χ1) is 9.61. The fourth-order valence-electron chi connectivity index (χ4n) is 3.49. The van der Waals surface area contributed by atoms with Gasteiger partial charge < -0.3 is 9.84 Å². The maximum atomic E-state index is 10.7. The molecule has 1 aromatic heterocycles. The normalized spacial score (nSPS) is 27.6. The zero-order chi connectivity index (χ0) is 14.2. The molecule has 2 aliphatic heterocycles. The van der Waals surface area contributed by atoms with Gasteiger partial charge in [-0.25, -0.2) is 0 Å². The van der Waals surface area contributed by atoms with Crippen LogP contribution in [0.2, 0.25) is 0 Å². The largest absolute Gasteiger partial charge is 0.388 e. The van der Waals surface area contributed by atoms with E-state index in [1.165, 1.54) is 11.5 Å². The second kappa shape index (κ2) is 5.70. The molecular weight excluding hydrogens is 272 g/mol. The summed E-state index contributed by atoms with van der Waals surface area (Å²) in [7, 11) is 1.93. The number of aliphatic hydroxyl groups excluding tert-OH is 1. The molecule has 20 heavy (non-hydrogen) atoms. The molecule has 3 heterocycles. The summed E-state index contributed by atoms with van der Waals surface area (Å²) >= 11 is 2.02. The van der Waals surface area contributed by atoms with E-state index < -0.39 is 6.10 Å². The highest BCUT2D eigenvalue weighted by Crippen LogP contribution is 2.43. The van der Waals surface area contributed by atoms with E-state index in [1.54, 1.807) is 0 Å². The lowest BCUT2D eigenvalue weighted by molar-refractivity contribution is -0.121. The van der Waals surface area contributed by atoms with Crippen LogP contribution in [-0.2, 0) is 11.8 Å². The predicted octanol–water partition coefficient (Wildman–Crippen LogP) is 2.45. The summed E-state index contributed by atoms with van der Waals surface area (Å²) in [5.41, 5.74) is 2.09. The summed E-state index contributed by atoms with van der Waals surface area (Å²) in [5.74, 6) is 2.68. The molecule has 1 spiro atoms. The van der Waals surface area contributed by atoms with Gasteiger partial charge in [0.1, 0.15) is 0 Å². The number of hydrogen-bond donors (Lipinski definition) is 1. The Balaban J connectivity index is 1.74. The second-order valence-corrected chi connectivity index (χ2v) is 7.38. The van der Waals surface area contributed by atoms with Gasteiger partial charge in [-0.15, -0.1) is 0 Å². The fraction of sp³-hybridized carbons (Fsp3) is 0.800. The van der Waals surface area contributed by atoms with Crippen LogP contribution in [0.5, 0.6) is 0 Å². The number of rotatable bonds is 2. The first kappa shape index (κ1) is 14.4. The zero-order valence-electron chi connectivity index (χ0n) is 12.3. The van der Waals surface area contributed by atoms with Crippen molar-refractivity contribution in [3.05, 3.63) is 17.5 Å². The Morgan fingerprint density at radius 3 is 2.90 bits per heavy atom. The van der Waals surface area contributed by atoms with Crippen molar-refractivity contribution in [2.24, 2.45) is 13.0 Å². The van der Waals surface area contributed by atoms with Crippen molar-refractivity contribution in [3.8, 4) is 0 Å². The highest BCUT2D eigenvalue weighted by molar-refractivity contribution is 7.99. The van der Waals surface area contributed by atoms with Gasteiger partial charge in [0.05, 0.1) is 17.9 Å². The van der Waals surface area contributed by atoms with Gasteiger partial charge in [-0.05, 0) is 50.0 Å². The molecule has 2 fully saturated rings. The van der Waals surface area contributed by atoms with Crippen molar-refractivity contribution >= 4 is 11.8 Å². The molecule has 2 unspecified atom stereocenters. The van der Waals surface area contributed by atoms with Gasteiger partial charge >= 0.3 is 0 Å². The number of aryl methyl sites for hydroxylation is 1. The third kappa shape index (κ3) is 2.63. The molecule has 0 aliphatic carbocycles. The molecule has 112 valence electrons. The lowest BCUT2D eigenvalue weighted by atomic mass is 9.78. The Morgan fingerprint density at radius 2 is 2.25 bits per heavy atom. The number of thioether (sulfide) groups is 1. The minimum absolute atomic E-state index is 0.0330. The average Bonchev–Trinajstić information content (AvgIpc) is 2.79. The van der Waals surface area contributed by atoms with Crippen LogP contribution < -0.4 is 0 Å².